The van der Waals surface area contributed by atoms with Gasteiger partial charge in [0.2, 0.25) is 0 Å². The molecule has 0 unspecified atom stereocenters. The van der Waals surface area contributed by atoms with Gasteiger partial charge in [-0.3, -0.25) is 9.36 Å². The van der Waals surface area contributed by atoms with Crippen LogP contribution in [0.25, 0.3) is 38.5 Å². The molecule has 0 saturated carbocycles. The second kappa shape index (κ2) is 5.16. The molecule has 0 fully saturated rings. The zero-order valence-electron chi connectivity index (χ0n) is 13.0. The van der Waals surface area contributed by atoms with Crippen LogP contribution >= 0.6 is 12.2 Å². The van der Waals surface area contributed by atoms with Crippen molar-refractivity contribution < 1.29 is 4.42 Å². The van der Waals surface area contributed by atoms with E-state index in [2.05, 4.69) is 4.98 Å². The minimum absolute atomic E-state index is 0.133. The number of para-hydroxylation sites is 2. The summed E-state index contributed by atoms with van der Waals surface area (Å²) < 4.78 is 7.75. The van der Waals surface area contributed by atoms with E-state index in [1.54, 1.807) is 6.07 Å². The maximum Gasteiger partial charge on any atom is 0.266 e. The Kier molecular flexibility index (Phi) is 2.93. The molecule has 120 valence electrons. The predicted octanol–water partition coefficient (Wildman–Crippen LogP) is 4.95. The van der Waals surface area contributed by atoms with E-state index in [1.807, 2.05) is 60.7 Å². The quantitative estimate of drug-likeness (QED) is 0.438. The molecular weight excluding hydrogens is 332 g/mol. The van der Waals surface area contributed by atoms with E-state index in [9.17, 15) is 4.79 Å². The fraction of sp³-hybridized carbons (Fsp3) is 0. The molecule has 1 N–H and O–H groups in total. The number of rotatable bonds is 1. The zero-order chi connectivity index (χ0) is 17.0. The molecule has 2 aromatic heterocycles. The summed E-state index contributed by atoms with van der Waals surface area (Å²) in [5.41, 5.74) is 2.94. The first kappa shape index (κ1) is 14.2. The number of aromatic nitrogens is 2. The molecule has 4 nitrogen and oxygen atoms in total. The van der Waals surface area contributed by atoms with E-state index in [4.69, 9.17) is 16.6 Å². The second-order valence-electron chi connectivity index (χ2n) is 5.89. The number of fused-ring (bicyclic) bond motifs is 4. The van der Waals surface area contributed by atoms with E-state index in [0.717, 1.165) is 33.1 Å². The molecule has 0 radical (unpaired) electrons. The third kappa shape index (κ3) is 2.06. The average Bonchev–Trinajstić information content (AvgIpc) is 3.00. The van der Waals surface area contributed by atoms with Crippen LogP contribution in [0.2, 0.25) is 0 Å². The van der Waals surface area contributed by atoms with E-state index in [1.165, 1.54) is 4.57 Å². The molecule has 5 rings (SSSR count). The number of hydrogen-bond donors (Lipinski definition) is 1. The van der Waals surface area contributed by atoms with Gasteiger partial charge in [0.25, 0.3) is 5.56 Å². The van der Waals surface area contributed by atoms with Crippen LogP contribution < -0.4 is 5.56 Å². The van der Waals surface area contributed by atoms with Gasteiger partial charge in [0.05, 0.1) is 16.6 Å². The van der Waals surface area contributed by atoms with Crippen LogP contribution in [0.4, 0.5) is 0 Å². The number of aromatic amines is 1. The third-order valence-electron chi connectivity index (χ3n) is 4.42. The first-order valence-electron chi connectivity index (χ1n) is 7.88. The van der Waals surface area contributed by atoms with Crippen molar-refractivity contribution >= 4 is 45.1 Å². The van der Waals surface area contributed by atoms with Gasteiger partial charge in [0.1, 0.15) is 11.2 Å². The highest BCUT2D eigenvalue weighted by Crippen LogP contribution is 2.29. The van der Waals surface area contributed by atoms with Gasteiger partial charge < -0.3 is 9.40 Å². The Hall–Kier alpha value is -3.18. The molecule has 0 atom stereocenters. The van der Waals surface area contributed by atoms with Crippen molar-refractivity contribution in [3.63, 3.8) is 0 Å². The number of nitrogens with one attached hydrogen (secondary N) is 1. The summed E-state index contributed by atoms with van der Waals surface area (Å²) in [6.45, 7) is 0. The maximum absolute atomic E-state index is 12.9. The Morgan fingerprint density at radius 2 is 1.56 bits per heavy atom. The average molecular weight is 344 g/mol. The summed E-state index contributed by atoms with van der Waals surface area (Å²) in [5.74, 6) is 0. The Balaban J connectivity index is 1.87. The van der Waals surface area contributed by atoms with Gasteiger partial charge in [-0.25, -0.2) is 0 Å². The van der Waals surface area contributed by atoms with Crippen LogP contribution in [0, 0.1) is 4.77 Å². The molecule has 0 bridgehead atoms. The first-order valence-corrected chi connectivity index (χ1v) is 8.29. The molecule has 0 aliphatic heterocycles. The Morgan fingerprint density at radius 3 is 2.44 bits per heavy atom. The first-order chi connectivity index (χ1) is 12.2. The van der Waals surface area contributed by atoms with Gasteiger partial charge in [-0.15, -0.1) is 0 Å². The molecule has 0 amide bonds. The van der Waals surface area contributed by atoms with E-state index in [0.29, 0.717) is 10.2 Å². The van der Waals surface area contributed by atoms with E-state index >= 15 is 0 Å². The molecule has 0 aliphatic rings. The van der Waals surface area contributed by atoms with Gasteiger partial charge in [-0.2, -0.15) is 0 Å². The molecule has 5 aromatic rings. The second-order valence-corrected chi connectivity index (χ2v) is 6.28. The largest absolute Gasteiger partial charge is 0.456 e. The van der Waals surface area contributed by atoms with Crippen LogP contribution in [0.5, 0.6) is 0 Å². The minimum atomic E-state index is -0.133. The highest BCUT2D eigenvalue weighted by Gasteiger charge is 2.11. The van der Waals surface area contributed by atoms with Gasteiger partial charge in [0.15, 0.2) is 4.77 Å². The summed E-state index contributed by atoms with van der Waals surface area (Å²) in [5, 5.41) is 2.58. The topological polar surface area (TPSA) is 50.9 Å². The molecule has 3 aromatic carbocycles. The molecule has 0 spiro atoms. The lowest BCUT2D eigenvalue weighted by atomic mass is 10.1. The molecule has 5 heteroatoms. The van der Waals surface area contributed by atoms with Crippen molar-refractivity contribution in [2.75, 3.05) is 0 Å². The molecule has 25 heavy (non-hydrogen) atoms. The smallest absolute Gasteiger partial charge is 0.266 e. The normalized spacial score (nSPS) is 11.5. The SMILES string of the molecule is O=c1c2ccccc2[nH]c(=S)n1-c1ccc2oc3ccccc3c2c1. The number of furan rings is 1. The van der Waals surface area contributed by atoms with Crippen LogP contribution in [-0.4, -0.2) is 9.55 Å². The standard InChI is InChI=1S/C20H12N2O2S/c23-19-14-6-1-3-7-16(14)21-20(25)22(19)12-9-10-18-15(11-12)13-5-2-4-8-17(13)24-18/h1-11H,(H,21,25). The number of H-pyrrole nitrogens is 1. The maximum atomic E-state index is 12.9. The van der Waals surface area contributed by atoms with Crippen LogP contribution in [0.1, 0.15) is 0 Å². The van der Waals surface area contributed by atoms with Gasteiger partial charge in [-0.1, -0.05) is 30.3 Å². The summed E-state index contributed by atoms with van der Waals surface area (Å²) in [6, 6.07) is 20.9. The number of nitrogens with zero attached hydrogens (tertiary/aromatic N) is 1. The van der Waals surface area contributed by atoms with Gasteiger partial charge in [-0.05, 0) is 48.6 Å². The molecule has 2 heterocycles. The fourth-order valence-electron chi connectivity index (χ4n) is 3.25. The van der Waals surface area contributed by atoms with E-state index < -0.39 is 0 Å². The monoisotopic (exact) mass is 344 g/mol. The third-order valence-corrected chi connectivity index (χ3v) is 4.71. The van der Waals surface area contributed by atoms with Crippen molar-refractivity contribution in [2.24, 2.45) is 0 Å². The van der Waals surface area contributed by atoms with Crippen LogP contribution in [0.3, 0.4) is 0 Å². The molecule has 0 aliphatic carbocycles. The Labute approximate surface area is 146 Å². The minimum Gasteiger partial charge on any atom is -0.456 e. The van der Waals surface area contributed by atoms with Crippen molar-refractivity contribution in [1.82, 2.24) is 9.55 Å². The summed E-state index contributed by atoms with van der Waals surface area (Å²) >= 11 is 5.43. The van der Waals surface area contributed by atoms with Crippen molar-refractivity contribution in [3.05, 3.63) is 81.9 Å². The Morgan fingerprint density at radius 1 is 0.840 bits per heavy atom. The lowest BCUT2D eigenvalue weighted by Crippen LogP contribution is -2.20. The summed E-state index contributed by atoms with van der Waals surface area (Å²) in [4.78, 5) is 16.1. The lowest BCUT2D eigenvalue weighted by Gasteiger charge is -2.08. The summed E-state index contributed by atoms with van der Waals surface area (Å²) in [7, 11) is 0. The van der Waals surface area contributed by atoms with Crippen molar-refractivity contribution in [3.8, 4) is 5.69 Å². The van der Waals surface area contributed by atoms with Gasteiger partial charge >= 0.3 is 0 Å². The highest BCUT2D eigenvalue weighted by molar-refractivity contribution is 7.71. The lowest BCUT2D eigenvalue weighted by molar-refractivity contribution is 0.669. The van der Waals surface area contributed by atoms with Crippen molar-refractivity contribution in [2.45, 2.75) is 0 Å². The molecular formula is C20H12N2O2S. The number of benzene rings is 3. The fourth-order valence-corrected chi connectivity index (χ4v) is 3.55. The number of hydrogen-bond acceptors (Lipinski definition) is 3. The zero-order valence-corrected chi connectivity index (χ0v) is 13.8. The highest BCUT2D eigenvalue weighted by atomic mass is 32.1. The predicted molar refractivity (Wildman–Crippen MR) is 102 cm³/mol. The molecule has 0 saturated heterocycles. The van der Waals surface area contributed by atoms with Crippen LogP contribution in [-0.2, 0) is 0 Å². The van der Waals surface area contributed by atoms with E-state index in [-0.39, 0.29) is 5.56 Å². The van der Waals surface area contributed by atoms with Crippen LogP contribution in [0.15, 0.2) is 75.9 Å². The summed E-state index contributed by atoms with van der Waals surface area (Å²) in [6.07, 6.45) is 0. The van der Waals surface area contributed by atoms with Gasteiger partial charge in [0, 0.05) is 10.8 Å². The van der Waals surface area contributed by atoms with Crippen molar-refractivity contribution in [1.29, 1.82) is 0 Å². The Bertz CT molecular complexity index is 1390.